The van der Waals surface area contributed by atoms with Gasteiger partial charge in [-0.3, -0.25) is 0 Å². The molecule has 11 aromatic rings. The molecule has 5 heterocycles. The number of thiophene rings is 2. The first kappa shape index (κ1) is 32.0. The van der Waals surface area contributed by atoms with Crippen LogP contribution < -0.4 is 15.8 Å². The molecule has 2 aliphatic rings. The van der Waals surface area contributed by atoms with Gasteiger partial charge in [0.15, 0.2) is 0 Å². The normalized spacial score (nSPS) is 13.5. The Hall–Kier alpha value is -6.14. The number of hydrogen-bond acceptors (Lipinski definition) is 3. The van der Waals surface area contributed by atoms with E-state index in [0.717, 1.165) is 0 Å². The largest absolute Gasteiger partial charge is 0.367 e. The molecule has 8 aromatic carbocycles. The standard InChI is InChI=1S/C52H35BN2S2/c1-52(2,3)32-24-25-40(38(29-32)30-14-5-4-6-15-30)54-41-26-27-44-46(36-19-10-11-22-42(36)56-44)48(41)53-47-39(28-31-16-7-8-17-33(31)50(47)54)34-20-13-21-37-45-35-18-9-12-23-43(35)57-51(45)55(53)49(34)37/h4-29H,1-3H3. The van der Waals surface area contributed by atoms with Crippen LogP contribution in [-0.4, -0.2) is 11.3 Å². The van der Waals surface area contributed by atoms with Gasteiger partial charge in [-0.15, -0.1) is 22.7 Å². The van der Waals surface area contributed by atoms with E-state index in [-0.39, 0.29) is 12.3 Å². The van der Waals surface area contributed by atoms with E-state index in [1.165, 1.54) is 118 Å². The van der Waals surface area contributed by atoms with Gasteiger partial charge in [-0.1, -0.05) is 136 Å². The van der Waals surface area contributed by atoms with Gasteiger partial charge in [-0.05, 0) is 91.7 Å². The number of para-hydroxylation sites is 1. The smallest absolute Gasteiger partial charge is 0.334 e. The highest BCUT2D eigenvalue weighted by Crippen LogP contribution is 2.53. The topological polar surface area (TPSA) is 8.17 Å². The quantitative estimate of drug-likeness (QED) is 0.159. The molecule has 0 unspecified atom stereocenters. The molecule has 2 nitrogen and oxygen atoms in total. The summed E-state index contributed by atoms with van der Waals surface area (Å²) in [4.78, 5) is 4.01. The van der Waals surface area contributed by atoms with E-state index in [2.05, 4.69) is 188 Å². The molecule has 0 N–H and O–H groups in total. The molecule has 57 heavy (non-hydrogen) atoms. The molecule has 0 spiro atoms. The molecule has 3 aromatic heterocycles. The fraction of sp³-hybridized carbons (Fsp3) is 0.0769. The Morgan fingerprint density at radius 3 is 1.98 bits per heavy atom. The highest BCUT2D eigenvalue weighted by Gasteiger charge is 2.45. The van der Waals surface area contributed by atoms with Crippen LogP contribution in [0, 0.1) is 0 Å². The van der Waals surface area contributed by atoms with Crippen LogP contribution in [0.25, 0.3) is 84.4 Å². The summed E-state index contributed by atoms with van der Waals surface area (Å²) in [7, 11) is 0. The maximum absolute atomic E-state index is 2.76. The zero-order chi connectivity index (χ0) is 37.7. The molecule has 0 aliphatic carbocycles. The van der Waals surface area contributed by atoms with Crippen molar-refractivity contribution in [2.75, 3.05) is 4.90 Å². The zero-order valence-corrected chi connectivity index (χ0v) is 33.4. The van der Waals surface area contributed by atoms with Crippen LogP contribution in [0.15, 0.2) is 158 Å². The monoisotopic (exact) mass is 762 g/mol. The Balaban J connectivity index is 1.27. The highest BCUT2D eigenvalue weighted by atomic mass is 32.1. The van der Waals surface area contributed by atoms with Gasteiger partial charge in [-0.2, -0.15) is 0 Å². The van der Waals surface area contributed by atoms with Crippen molar-refractivity contribution in [2.45, 2.75) is 26.2 Å². The van der Waals surface area contributed by atoms with E-state index in [9.17, 15) is 0 Å². The minimum Gasteiger partial charge on any atom is -0.367 e. The molecule has 0 bridgehead atoms. The van der Waals surface area contributed by atoms with Gasteiger partial charge in [0.2, 0.25) is 0 Å². The van der Waals surface area contributed by atoms with E-state index in [4.69, 9.17) is 0 Å². The van der Waals surface area contributed by atoms with E-state index >= 15 is 0 Å². The van der Waals surface area contributed by atoms with E-state index in [0.29, 0.717) is 0 Å². The Bertz CT molecular complexity index is 3530. The molecule has 2 aliphatic heterocycles. The number of aromatic nitrogens is 1. The summed E-state index contributed by atoms with van der Waals surface area (Å²) in [5, 5.41) is 9.31. The summed E-state index contributed by atoms with van der Waals surface area (Å²) in [6.45, 7) is 6.92. The first-order valence-corrected chi connectivity index (χ1v) is 21.5. The molecule has 268 valence electrons. The van der Waals surface area contributed by atoms with Gasteiger partial charge < -0.3 is 9.38 Å². The summed E-state index contributed by atoms with van der Waals surface area (Å²) >= 11 is 3.86. The summed E-state index contributed by atoms with van der Waals surface area (Å²) in [6, 6.07) is 59.7. The maximum atomic E-state index is 2.76. The van der Waals surface area contributed by atoms with Gasteiger partial charge in [0.25, 0.3) is 0 Å². The Morgan fingerprint density at radius 1 is 0.491 bits per heavy atom. The third-order valence-electron chi connectivity index (χ3n) is 12.7. The van der Waals surface area contributed by atoms with E-state index in [1.54, 1.807) is 0 Å². The lowest BCUT2D eigenvalue weighted by Crippen LogP contribution is -2.57. The predicted molar refractivity (Wildman–Crippen MR) is 250 cm³/mol. The number of benzene rings is 8. The third kappa shape index (κ3) is 4.20. The minimum absolute atomic E-state index is 0.00749. The Labute approximate surface area is 339 Å². The second-order valence-corrected chi connectivity index (χ2v) is 18.9. The van der Waals surface area contributed by atoms with Crippen molar-refractivity contribution in [2.24, 2.45) is 0 Å². The van der Waals surface area contributed by atoms with Gasteiger partial charge >= 0.3 is 6.85 Å². The fourth-order valence-corrected chi connectivity index (χ4v) is 12.6. The van der Waals surface area contributed by atoms with Crippen molar-refractivity contribution in [3.63, 3.8) is 0 Å². The third-order valence-corrected chi connectivity index (χ3v) is 15.0. The average molecular weight is 763 g/mol. The van der Waals surface area contributed by atoms with Crippen LogP contribution in [0.2, 0.25) is 0 Å². The van der Waals surface area contributed by atoms with Crippen LogP contribution >= 0.6 is 22.7 Å². The summed E-state index contributed by atoms with van der Waals surface area (Å²) in [6.07, 6.45) is 0. The highest BCUT2D eigenvalue weighted by molar-refractivity contribution is 7.27. The first-order valence-electron chi connectivity index (χ1n) is 19.9. The van der Waals surface area contributed by atoms with Crippen molar-refractivity contribution >= 4 is 120 Å². The van der Waals surface area contributed by atoms with Gasteiger partial charge in [0, 0.05) is 58.0 Å². The molecule has 0 radical (unpaired) electrons. The molecular formula is C52H35BN2S2. The minimum atomic E-state index is -0.0375. The van der Waals surface area contributed by atoms with Crippen LogP contribution in [0.5, 0.6) is 0 Å². The van der Waals surface area contributed by atoms with Crippen molar-refractivity contribution in [3.05, 3.63) is 163 Å². The van der Waals surface area contributed by atoms with Crippen molar-refractivity contribution in [1.29, 1.82) is 0 Å². The molecule has 0 saturated carbocycles. The Kier molecular flexibility index (Phi) is 6.32. The SMILES string of the molecule is CC(C)(C)c1ccc(N2c3ccc4sc5ccccc5c4c3B3c4c(cc5ccccc5c42)-c2cccc4c5c6ccccc6sc5n3c24)c(-c2ccccc2)c1. The lowest BCUT2D eigenvalue weighted by atomic mass is 9.44. The van der Waals surface area contributed by atoms with E-state index in [1.807, 2.05) is 22.7 Å². The van der Waals surface area contributed by atoms with Crippen molar-refractivity contribution in [1.82, 2.24) is 4.48 Å². The van der Waals surface area contributed by atoms with Gasteiger partial charge in [0.05, 0.1) is 16.2 Å². The van der Waals surface area contributed by atoms with Crippen LogP contribution in [-0.2, 0) is 5.41 Å². The lowest BCUT2D eigenvalue weighted by Gasteiger charge is -2.42. The molecule has 0 saturated heterocycles. The molecule has 0 amide bonds. The van der Waals surface area contributed by atoms with Crippen LogP contribution in [0.4, 0.5) is 17.1 Å². The molecule has 0 atom stereocenters. The molecular weight excluding hydrogens is 728 g/mol. The number of anilines is 3. The number of fused-ring (bicyclic) bond motifs is 15. The predicted octanol–water partition coefficient (Wildman–Crippen LogP) is 13.9. The van der Waals surface area contributed by atoms with E-state index < -0.39 is 0 Å². The molecule has 13 rings (SSSR count). The van der Waals surface area contributed by atoms with Crippen LogP contribution in [0.1, 0.15) is 26.3 Å². The number of rotatable bonds is 2. The Morgan fingerprint density at radius 2 is 1.18 bits per heavy atom. The first-order chi connectivity index (χ1) is 27.9. The van der Waals surface area contributed by atoms with Crippen LogP contribution in [0.3, 0.4) is 0 Å². The van der Waals surface area contributed by atoms with Crippen molar-refractivity contribution < 1.29 is 0 Å². The second-order valence-electron chi connectivity index (χ2n) is 16.8. The van der Waals surface area contributed by atoms with Gasteiger partial charge in [-0.25, -0.2) is 0 Å². The number of nitrogens with zero attached hydrogens (tertiary/aromatic N) is 2. The van der Waals surface area contributed by atoms with Gasteiger partial charge in [0.1, 0.15) is 0 Å². The second kappa shape index (κ2) is 11.3. The molecule has 5 heteroatoms. The molecule has 0 fully saturated rings. The average Bonchev–Trinajstić information content (AvgIpc) is 3.91. The summed E-state index contributed by atoms with van der Waals surface area (Å²) < 4.78 is 6.76. The zero-order valence-electron chi connectivity index (χ0n) is 31.8. The lowest BCUT2D eigenvalue weighted by molar-refractivity contribution is 0.590. The summed E-state index contributed by atoms with van der Waals surface area (Å²) in [5.74, 6) is 0. The van der Waals surface area contributed by atoms with Crippen molar-refractivity contribution in [3.8, 4) is 22.3 Å². The fourth-order valence-electron chi connectivity index (χ4n) is 10.2. The number of hydrogen-bond donors (Lipinski definition) is 0. The summed E-state index contributed by atoms with van der Waals surface area (Å²) in [5.41, 5.74) is 14.3. The maximum Gasteiger partial charge on any atom is 0.334 e.